The minimum absolute atomic E-state index is 0.0256. The van der Waals surface area contributed by atoms with Crippen molar-refractivity contribution in [3.63, 3.8) is 0 Å². The number of phenols is 1. The number of piperazine rings is 1. The number of benzene rings is 2. The molecule has 5 aromatic rings. The molecule has 0 aliphatic carbocycles. The summed E-state index contributed by atoms with van der Waals surface area (Å²) in [4.78, 5) is 57.3. The van der Waals surface area contributed by atoms with Crippen molar-refractivity contribution in [2.24, 2.45) is 5.41 Å². The molecule has 2 aliphatic heterocycles. The molecule has 2 aliphatic rings. The first-order valence-electron chi connectivity index (χ1n) is 19.7. The van der Waals surface area contributed by atoms with Crippen LogP contribution in [-0.2, 0) is 9.59 Å². The number of β-amino-alcohol motifs (C(OH)–C–C–N with tert-alkyl or cyclic N) is 1. The van der Waals surface area contributed by atoms with E-state index in [0.717, 1.165) is 27.4 Å². The second kappa shape index (κ2) is 17.0. The highest BCUT2D eigenvalue weighted by Gasteiger charge is 2.45. The average Bonchev–Trinajstić information content (AvgIpc) is 3.85. The molecule has 6 N–H and O–H groups in total. The smallest absolute Gasteiger partial charge is 0.253 e. The van der Waals surface area contributed by atoms with Gasteiger partial charge >= 0.3 is 0 Å². The van der Waals surface area contributed by atoms with E-state index >= 15 is 0 Å². The Morgan fingerprint density at radius 1 is 0.932 bits per heavy atom. The van der Waals surface area contributed by atoms with Crippen LogP contribution in [0.5, 0.6) is 5.75 Å². The van der Waals surface area contributed by atoms with Crippen molar-refractivity contribution in [3.8, 4) is 27.4 Å². The number of anilines is 3. The molecule has 0 radical (unpaired) electrons. The van der Waals surface area contributed by atoms with E-state index in [9.17, 15) is 24.6 Å². The third-order valence-corrected chi connectivity index (χ3v) is 11.9. The van der Waals surface area contributed by atoms with E-state index in [4.69, 9.17) is 5.73 Å². The topological polar surface area (TPSA) is 203 Å². The first-order valence-corrected chi connectivity index (χ1v) is 20.5. The molecule has 5 heterocycles. The number of nitrogens with two attached hydrogens (primary N) is 1. The lowest BCUT2D eigenvalue weighted by Gasteiger charge is -2.37. The summed E-state index contributed by atoms with van der Waals surface area (Å²) in [6, 6.07) is 17.9. The number of carbonyl (C=O) groups excluding carboxylic acids is 3. The Labute approximate surface area is 347 Å². The quantitative estimate of drug-likeness (QED) is 0.132. The molecule has 16 heteroatoms. The number of aromatic nitrogens is 4. The largest absolute Gasteiger partial charge is 0.507 e. The maximum absolute atomic E-state index is 14.2. The van der Waals surface area contributed by atoms with Crippen LogP contribution in [0.1, 0.15) is 61.8 Å². The molecular weight excluding hydrogens is 769 g/mol. The summed E-state index contributed by atoms with van der Waals surface area (Å²) in [5.74, 6) is -0.192. The molecule has 4 atom stereocenters. The van der Waals surface area contributed by atoms with E-state index in [2.05, 4.69) is 40.6 Å². The highest BCUT2D eigenvalue weighted by molar-refractivity contribution is 7.13. The van der Waals surface area contributed by atoms with Crippen LogP contribution in [0.4, 0.5) is 17.3 Å². The Hall–Kier alpha value is -6.13. The number of rotatable bonds is 10. The van der Waals surface area contributed by atoms with Crippen LogP contribution in [0, 0.1) is 12.3 Å². The van der Waals surface area contributed by atoms with Gasteiger partial charge in [-0.2, -0.15) is 0 Å². The van der Waals surface area contributed by atoms with Crippen LogP contribution in [0.15, 0.2) is 78.4 Å². The molecule has 3 aromatic heterocycles. The molecule has 59 heavy (non-hydrogen) atoms. The zero-order chi connectivity index (χ0) is 42.0. The average molecular weight is 819 g/mol. The Kier molecular flexibility index (Phi) is 11.8. The molecule has 0 saturated carbocycles. The van der Waals surface area contributed by atoms with Crippen molar-refractivity contribution in [1.82, 2.24) is 35.7 Å². The van der Waals surface area contributed by atoms with E-state index in [1.165, 1.54) is 11.1 Å². The first-order chi connectivity index (χ1) is 28.2. The van der Waals surface area contributed by atoms with E-state index in [0.29, 0.717) is 49.1 Å². The van der Waals surface area contributed by atoms with Crippen LogP contribution in [0.25, 0.3) is 21.7 Å². The number of thiazole rings is 1. The SMILES string of the molecule is Cc1ncsc1-c1ccc(C(C)NC(=O)[C@@H]2C[C@@H](O)CN2C(=O)C(NC(=O)c2ccc(N3CCN(c4cc(-c5ccccc5O)nnc4N)CC3)nc2)C(C)(C)C)cc1. The Bertz CT molecular complexity index is 2300. The number of carbonyl (C=O) groups is 3. The number of nitrogens with one attached hydrogen (secondary N) is 2. The molecule has 308 valence electrons. The zero-order valence-corrected chi connectivity index (χ0v) is 34.6. The summed E-state index contributed by atoms with van der Waals surface area (Å²) in [7, 11) is 0. The first kappa shape index (κ1) is 41.0. The Morgan fingerprint density at radius 3 is 2.29 bits per heavy atom. The van der Waals surface area contributed by atoms with Gasteiger partial charge in [0, 0.05) is 50.9 Å². The molecule has 0 bridgehead atoms. The van der Waals surface area contributed by atoms with Gasteiger partial charge in [-0.05, 0) is 60.7 Å². The molecule has 15 nitrogen and oxygen atoms in total. The third-order valence-electron chi connectivity index (χ3n) is 11.0. The molecule has 7 rings (SSSR count). The number of amides is 3. The lowest BCUT2D eigenvalue weighted by Crippen LogP contribution is -2.57. The van der Waals surface area contributed by atoms with Gasteiger partial charge in [0.2, 0.25) is 11.8 Å². The molecule has 3 amide bonds. The summed E-state index contributed by atoms with van der Waals surface area (Å²) >= 11 is 1.57. The van der Waals surface area contributed by atoms with E-state index in [1.807, 2.05) is 76.5 Å². The van der Waals surface area contributed by atoms with Gasteiger partial charge in [0.25, 0.3) is 5.91 Å². The third kappa shape index (κ3) is 8.98. The summed E-state index contributed by atoms with van der Waals surface area (Å²) in [6.07, 6.45) is 0.693. The normalized spacial score (nSPS) is 18.0. The lowest BCUT2D eigenvalue weighted by atomic mass is 9.85. The van der Waals surface area contributed by atoms with Gasteiger partial charge in [-0.25, -0.2) is 9.97 Å². The number of aliphatic hydroxyl groups excluding tert-OH is 1. The van der Waals surface area contributed by atoms with Crippen molar-refractivity contribution in [2.45, 2.75) is 65.3 Å². The van der Waals surface area contributed by atoms with Gasteiger partial charge in [-0.3, -0.25) is 14.4 Å². The van der Waals surface area contributed by atoms with Gasteiger partial charge in [0.1, 0.15) is 23.7 Å². The number of hydrogen-bond acceptors (Lipinski definition) is 13. The van der Waals surface area contributed by atoms with E-state index in [-0.39, 0.29) is 36.2 Å². The van der Waals surface area contributed by atoms with Crippen LogP contribution in [0.2, 0.25) is 0 Å². The molecule has 2 aromatic carbocycles. The van der Waals surface area contributed by atoms with Gasteiger partial charge in [0.05, 0.1) is 45.2 Å². The molecule has 0 spiro atoms. The van der Waals surface area contributed by atoms with Gasteiger partial charge in [-0.15, -0.1) is 21.5 Å². The second-order valence-corrected chi connectivity index (χ2v) is 17.0. The Balaban J connectivity index is 0.969. The van der Waals surface area contributed by atoms with Crippen LogP contribution < -0.4 is 26.2 Å². The second-order valence-electron chi connectivity index (χ2n) is 16.2. The van der Waals surface area contributed by atoms with E-state index < -0.39 is 35.4 Å². The van der Waals surface area contributed by atoms with Crippen LogP contribution >= 0.6 is 11.3 Å². The summed E-state index contributed by atoms with van der Waals surface area (Å²) < 4.78 is 0. The van der Waals surface area contributed by atoms with Gasteiger partial charge < -0.3 is 41.3 Å². The number of aromatic hydroxyl groups is 1. The van der Waals surface area contributed by atoms with Crippen molar-refractivity contribution in [3.05, 3.63) is 95.3 Å². The van der Waals surface area contributed by atoms with Crippen molar-refractivity contribution >= 4 is 46.4 Å². The summed E-state index contributed by atoms with van der Waals surface area (Å²) in [6.45, 7) is 11.9. The number of hydrogen-bond donors (Lipinski definition) is 5. The fourth-order valence-electron chi connectivity index (χ4n) is 7.58. The van der Waals surface area contributed by atoms with Crippen LogP contribution in [0.3, 0.4) is 0 Å². The van der Waals surface area contributed by atoms with Crippen LogP contribution in [-0.4, -0.2) is 104 Å². The Morgan fingerprint density at radius 2 is 1.64 bits per heavy atom. The lowest BCUT2D eigenvalue weighted by molar-refractivity contribution is -0.142. The van der Waals surface area contributed by atoms with Crippen molar-refractivity contribution in [2.75, 3.05) is 48.3 Å². The molecule has 2 saturated heterocycles. The minimum Gasteiger partial charge on any atom is -0.507 e. The molecule has 2 fully saturated rings. The summed E-state index contributed by atoms with van der Waals surface area (Å²) in [5, 5.41) is 35.3. The van der Waals surface area contributed by atoms with Crippen molar-refractivity contribution in [1.29, 1.82) is 0 Å². The number of nitrogens with zero attached hydrogens (tertiary/aromatic N) is 7. The number of pyridine rings is 1. The minimum atomic E-state index is -0.995. The standard InChI is InChI=1S/C43H50N10O5S/c1-25(27-10-12-28(13-11-27)37-26(2)46-24-59-37)47-41(57)34-20-30(54)23-53(34)42(58)38(43(3,4)5)48-40(56)29-14-15-36(45-22-29)52-18-16-51(17-19-52)33-21-32(49-50-39(33)44)31-8-6-7-9-35(31)55/h6-15,21-22,24-25,30,34,38,54-55H,16-20,23H2,1-5H3,(H2,44,50)(H,47,57)(H,48,56)/t25?,30-,34+,38?/m1/s1. The monoisotopic (exact) mass is 818 g/mol. The number of para-hydroxylation sites is 1. The molecule has 2 unspecified atom stereocenters. The fraction of sp³-hybridized carbons (Fsp3) is 0.372. The zero-order valence-electron chi connectivity index (χ0n) is 33.8. The maximum Gasteiger partial charge on any atom is 0.253 e. The fourth-order valence-corrected chi connectivity index (χ4v) is 8.39. The number of aliphatic hydroxyl groups is 1. The van der Waals surface area contributed by atoms with Gasteiger partial charge in [-0.1, -0.05) is 57.2 Å². The predicted octanol–water partition coefficient (Wildman–Crippen LogP) is 4.57. The van der Waals surface area contributed by atoms with Gasteiger partial charge in [0.15, 0.2) is 5.82 Å². The predicted molar refractivity (Wildman–Crippen MR) is 228 cm³/mol. The summed E-state index contributed by atoms with van der Waals surface area (Å²) in [5.41, 5.74) is 12.3. The van der Waals surface area contributed by atoms with E-state index in [1.54, 1.807) is 41.7 Å². The number of phenolic OH excluding ortho intramolecular Hbond substituents is 1. The highest BCUT2D eigenvalue weighted by atomic mass is 32.1. The molecular formula is C43H50N10O5S. The number of nitrogen functional groups attached to an aromatic ring is 1. The van der Waals surface area contributed by atoms with Crippen molar-refractivity contribution < 1.29 is 24.6 Å². The number of likely N-dealkylation sites (tertiary alicyclic amines) is 1. The number of aryl methyl sites for hydroxylation is 1. The maximum atomic E-state index is 14.2. The highest BCUT2D eigenvalue weighted by Crippen LogP contribution is 2.33.